The Labute approximate surface area is 151 Å². The molecule has 0 aliphatic carbocycles. The first-order chi connectivity index (χ1) is 12.3. The van der Waals surface area contributed by atoms with Crippen molar-refractivity contribution in [1.29, 1.82) is 0 Å². The summed E-state index contributed by atoms with van der Waals surface area (Å²) in [6.07, 6.45) is 0.641. The van der Waals surface area contributed by atoms with Crippen LogP contribution in [-0.4, -0.2) is 55.0 Å². The van der Waals surface area contributed by atoms with E-state index in [-0.39, 0.29) is 41.9 Å². The Hall–Kier alpha value is -2.29. The summed E-state index contributed by atoms with van der Waals surface area (Å²) in [6, 6.07) is 5.04. The molecule has 1 fully saturated rings. The molecule has 2 aliphatic heterocycles. The molecular weight excluding hydrogens is 361 g/mol. The van der Waals surface area contributed by atoms with Crippen LogP contribution in [0.5, 0.6) is 0 Å². The van der Waals surface area contributed by atoms with Gasteiger partial charge in [0.1, 0.15) is 11.5 Å². The number of amides is 2. The van der Waals surface area contributed by atoms with Gasteiger partial charge in [0, 0.05) is 25.1 Å². The molecular formula is C17H20FN3O4S. The maximum Gasteiger partial charge on any atom is 0.274 e. The van der Waals surface area contributed by atoms with E-state index in [1.165, 1.54) is 34.2 Å². The van der Waals surface area contributed by atoms with Crippen molar-refractivity contribution in [3.05, 3.63) is 30.1 Å². The highest BCUT2D eigenvalue weighted by Gasteiger charge is 2.37. The van der Waals surface area contributed by atoms with Crippen molar-refractivity contribution in [3.8, 4) is 0 Å². The normalized spacial score (nSPS) is 22.2. The first-order valence-corrected chi connectivity index (χ1v) is 10.3. The number of carbonyl (C=O) groups excluding carboxylic acids is 2. The number of rotatable bonds is 4. The fraction of sp³-hybridized carbons (Fsp3) is 0.471. The highest BCUT2D eigenvalue weighted by molar-refractivity contribution is 7.91. The van der Waals surface area contributed by atoms with E-state index >= 15 is 0 Å². The number of carbonyl (C=O) groups is 2. The molecule has 3 rings (SSSR count). The smallest absolute Gasteiger partial charge is 0.274 e. The molecule has 9 heteroatoms. The number of hydrogen-bond acceptors (Lipinski definition) is 5. The van der Waals surface area contributed by atoms with Crippen molar-refractivity contribution in [3.63, 3.8) is 0 Å². The number of sulfone groups is 1. The number of anilines is 1. The van der Waals surface area contributed by atoms with Crippen LogP contribution in [0.15, 0.2) is 29.4 Å². The zero-order valence-corrected chi connectivity index (χ0v) is 15.2. The van der Waals surface area contributed by atoms with Gasteiger partial charge in [-0.2, -0.15) is 5.10 Å². The molecule has 26 heavy (non-hydrogen) atoms. The van der Waals surface area contributed by atoms with Gasteiger partial charge in [-0.1, -0.05) is 0 Å². The van der Waals surface area contributed by atoms with Gasteiger partial charge in [-0.25, -0.2) is 17.8 Å². The molecule has 140 valence electrons. The van der Waals surface area contributed by atoms with Gasteiger partial charge in [0.15, 0.2) is 9.84 Å². The summed E-state index contributed by atoms with van der Waals surface area (Å²) in [5, 5.41) is 5.36. The van der Waals surface area contributed by atoms with Crippen molar-refractivity contribution < 1.29 is 22.4 Å². The van der Waals surface area contributed by atoms with E-state index in [4.69, 9.17) is 0 Å². The summed E-state index contributed by atoms with van der Waals surface area (Å²) in [7, 11) is -3.17. The molecule has 2 amide bonds. The minimum Gasteiger partial charge on any atom is -0.308 e. The predicted molar refractivity (Wildman–Crippen MR) is 95.0 cm³/mol. The van der Waals surface area contributed by atoms with Gasteiger partial charge in [-0.3, -0.25) is 9.59 Å². The summed E-state index contributed by atoms with van der Waals surface area (Å²) < 4.78 is 36.5. The van der Waals surface area contributed by atoms with Crippen molar-refractivity contribution in [1.82, 2.24) is 5.01 Å². The molecule has 0 radical (unpaired) electrons. The van der Waals surface area contributed by atoms with Gasteiger partial charge in [-0.15, -0.1) is 0 Å². The SMILES string of the molecule is CCN(C(=O)C1=NN([C@@H]2CCS(=O)(=O)C2)C(=O)CC1)c1ccc(F)cc1. The van der Waals surface area contributed by atoms with Gasteiger partial charge in [0.2, 0.25) is 5.91 Å². The molecule has 7 nitrogen and oxygen atoms in total. The Balaban J connectivity index is 1.84. The zero-order chi connectivity index (χ0) is 18.9. The minimum absolute atomic E-state index is 0.0247. The van der Waals surface area contributed by atoms with Gasteiger partial charge in [0.05, 0.1) is 17.5 Å². The molecule has 1 aromatic rings. The van der Waals surface area contributed by atoms with E-state index < -0.39 is 21.7 Å². The van der Waals surface area contributed by atoms with Crippen molar-refractivity contribution in [2.24, 2.45) is 5.10 Å². The third-order valence-electron chi connectivity index (χ3n) is 4.56. The molecule has 0 N–H and O–H groups in total. The first kappa shape index (κ1) is 18.5. The highest BCUT2D eigenvalue weighted by atomic mass is 32.2. The average molecular weight is 381 g/mol. The second-order valence-electron chi connectivity index (χ2n) is 6.37. The monoisotopic (exact) mass is 381 g/mol. The van der Waals surface area contributed by atoms with Crippen LogP contribution in [0, 0.1) is 5.82 Å². The Morgan fingerprint density at radius 2 is 2.00 bits per heavy atom. The highest BCUT2D eigenvalue weighted by Crippen LogP contribution is 2.23. The van der Waals surface area contributed by atoms with E-state index in [1.807, 2.05) is 0 Å². The Kier molecular flexibility index (Phi) is 5.08. The third kappa shape index (κ3) is 3.77. The van der Waals surface area contributed by atoms with E-state index in [9.17, 15) is 22.4 Å². The third-order valence-corrected chi connectivity index (χ3v) is 6.31. The van der Waals surface area contributed by atoms with Gasteiger partial charge in [0.25, 0.3) is 5.91 Å². The summed E-state index contributed by atoms with van der Waals surface area (Å²) in [4.78, 5) is 26.5. The molecule has 0 bridgehead atoms. The van der Waals surface area contributed by atoms with Gasteiger partial charge in [-0.05, 0) is 37.6 Å². The zero-order valence-electron chi connectivity index (χ0n) is 14.4. The Bertz CT molecular complexity index is 851. The summed E-state index contributed by atoms with van der Waals surface area (Å²) in [6.45, 7) is 2.15. The lowest BCUT2D eigenvalue weighted by molar-refractivity contribution is -0.133. The number of halogens is 1. The van der Waals surface area contributed by atoms with Crippen LogP contribution in [0.25, 0.3) is 0 Å². The van der Waals surface area contributed by atoms with E-state index in [2.05, 4.69) is 5.10 Å². The quantitative estimate of drug-likeness (QED) is 0.788. The van der Waals surface area contributed by atoms with Crippen LogP contribution in [0.3, 0.4) is 0 Å². The average Bonchev–Trinajstić information content (AvgIpc) is 2.97. The first-order valence-electron chi connectivity index (χ1n) is 8.48. The largest absolute Gasteiger partial charge is 0.308 e. The maximum atomic E-state index is 13.1. The molecule has 1 aromatic carbocycles. The van der Waals surface area contributed by atoms with Crippen molar-refractivity contribution in [2.45, 2.75) is 32.2 Å². The fourth-order valence-corrected chi connectivity index (χ4v) is 4.89. The summed E-state index contributed by atoms with van der Waals surface area (Å²) >= 11 is 0. The molecule has 1 saturated heterocycles. The minimum atomic E-state index is -3.17. The van der Waals surface area contributed by atoms with Crippen LogP contribution in [-0.2, 0) is 19.4 Å². The van der Waals surface area contributed by atoms with Gasteiger partial charge < -0.3 is 4.90 Å². The van der Waals surface area contributed by atoms with E-state index in [1.54, 1.807) is 6.92 Å². The topological polar surface area (TPSA) is 87.1 Å². The van der Waals surface area contributed by atoms with Crippen molar-refractivity contribution in [2.75, 3.05) is 23.0 Å². The number of hydrogen-bond donors (Lipinski definition) is 0. The number of benzene rings is 1. The van der Waals surface area contributed by atoms with E-state index in [0.717, 1.165) is 0 Å². The maximum absolute atomic E-state index is 13.1. The lowest BCUT2D eigenvalue weighted by atomic mass is 10.1. The molecule has 0 saturated carbocycles. The second kappa shape index (κ2) is 7.14. The lowest BCUT2D eigenvalue weighted by Gasteiger charge is -2.29. The predicted octanol–water partition coefficient (Wildman–Crippen LogP) is 1.34. The van der Waals surface area contributed by atoms with Gasteiger partial charge >= 0.3 is 0 Å². The van der Waals surface area contributed by atoms with Crippen LogP contribution >= 0.6 is 0 Å². The van der Waals surface area contributed by atoms with Crippen LogP contribution in [0.2, 0.25) is 0 Å². The fourth-order valence-electron chi connectivity index (χ4n) is 3.20. The Morgan fingerprint density at radius 1 is 1.31 bits per heavy atom. The molecule has 0 unspecified atom stereocenters. The lowest BCUT2D eigenvalue weighted by Crippen LogP contribution is -2.45. The second-order valence-corrected chi connectivity index (χ2v) is 8.60. The number of nitrogens with zero attached hydrogens (tertiary/aromatic N) is 3. The molecule has 2 aliphatic rings. The van der Waals surface area contributed by atoms with Crippen LogP contribution < -0.4 is 4.90 Å². The molecule has 0 spiro atoms. The summed E-state index contributed by atoms with van der Waals surface area (Å²) in [5.41, 5.74) is 0.744. The summed E-state index contributed by atoms with van der Waals surface area (Å²) in [5.74, 6) is -1.13. The number of hydrazone groups is 1. The van der Waals surface area contributed by atoms with E-state index in [0.29, 0.717) is 18.7 Å². The Morgan fingerprint density at radius 3 is 2.58 bits per heavy atom. The van der Waals surface area contributed by atoms with Crippen LogP contribution in [0.4, 0.5) is 10.1 Å². The molecule has 1 atom stereocenters. The van der Waals surface area contributed by atoms with Crippen LogP contribution in [0.1, 0.15) is 26.2 Å². The molecule has 2 heterocycles. The standard InChI is InChI=1S/C17H20FN3O4S/c1-2-20(13-5-3-12(18)4-6-13)17(23)15-7-8-16(22)21(19-15)14-9-10-26(24,25)11-14/h3-6,14H,2,7-11H2,1H3/t14-/m1/s1. The molecule has 0 aromatic heterocycles. The van der Waals surface area contributed by atoms with Crippen molar-refractivity contribution >= 4 is 33.1 Å².